The lowest BCUT2D eigenvalue weighted by Crippen LogP contribution is -2.05. The monoisotopic (exact) mass is 225 g/mol. The summed E-state index contributed by atoms with van der Waals surface area (Å²) < 4.78 is 21.7. The van der Waals surface area contributed by atoms with E-state index in [0.717, 1.165) is 12.1 Å². The van der Waals surface area contributed by atoms with Crippen molar-refractivity contribution in [2.75, 3.05) is 6.61 Å². The van der Waals surface area contributed by atoms with Crippen LogP contribution in [0.4, 0.5) is 4.39 Å². The quantitative estimate of drug-likeness (QED) is 0.259. The molecule has 0 unspecified atom stereocenters. The van der Waals surface area contributed by atoms with Crippen molar-refractivity contribution in [1.82, 2.24) is 0 Å². The molecule has 0 N–H and O–H groups in total. The summed E-state index contributed by atoms with van der Waals surface area (Å²) in [7, 11) is 0. The summed E-state index contributed by atoms with van der Waals surface area (Å²) in [5, 5.41) is 3.13. The molecule has 84 valence electrons. The maximum atomic E-state index is 12.5. The Labute approximate surface area is 89.9 Å². The zero-order chi connectivity index (χ0) is 12.0. The van der Waals surface area contributed by atoms with Crippen molar-refractivity contribution in [1.29, 1.82) is 0 Å². The van der Waals surface area contributed by atoms with Gasteiger partial charge in [0.05, 0.1) is 6.61 Å². The van der Waals surface area contributed by atoms with Gasteiger partial charge in [-0.1, -0.05) is 5.11 Å². The Hall–Kier alpha value is -2.27. The number of ether oxygens (including phenoxy) is 1. The predicted octanol–water partition coefficient (Wildman–Crippen LogP) is 2.63. The number of esters is 1. The van der Waals surface area contributed by atoms with Gasteiger partial charge in [0.2, 0.25) is 0 Å². The molecule has 0 radical (unpaired) electrons. The summed E-state index contributed by atoms with van der Waals surface area (Å²) in [6, 6.07) is 1.57. The van der Waals surface area contributed by atoms with Crippen LogP contribution in [0.3, 0.4) is 0 Å². The van der Waals surface area contributed by atoms with Gasteiger partial charge in [-0.25, -0.2) is 4.79 Å². The third kappa shape index (κ3) is 3.14. The average Bonchev–Trinajstić information content (AvgIpc) is 2.64. The Morgan fingerprint density at radius 1 is 1.75 bits per heavy atom. The molecule has 0 aliphatic carbocycles. The van der Waals surface area contributed by atoms with Gasteiger partial charge in [0.15, 0.2) is 0 Å². The molecular formula is C9H8FN3O3. The van der Waals surface area contributed by atoms with Crippen LogP contribution in [0.15, 0.2) is 27.4 Å². The fourth-order valence-electron chi connectivity index (χ4n) is 0.922. The van der Waals surface area contributed by atoms with Gasteiger partial charge in [-0.05, 0) is 24.6 Å². The lowest BCUT2D eigenvalue weighted by atomic mass is 10.3. The Morgan fingerprint density at radius 2 is 2.50 bits per heavy atom. The molecule has 1 rings (SSSR count). The number of nitrogens with zero attached hydrogens (tertiary/aromatic N) is 3. The molecule has 0 aliphatic rings. The van der Waals surface area contributed by atoms with Crippen LogP contribution in [0.5, 0.6) is 0 Å². The number of furan rings is 1. The highest BCUT2D eigenvalue weighted by molar-refractivity contribution is 5.92. The second-order valence-electron chi connectivity index (χ2n) is 2.58. The van der Waals surface area contributed by atoms with E-state index in [-0.39, 0.29) is 18.1 Å². The van der Waals surface area contributed by atoms with Gasteiger partial charge in [-0.3, -0.25) is 0 Å². The summed E-state index contributed by atoms with van der Waals surface area (Å²) in [6.45, 7) is 1.75. The van der Waals surface area contributed by atoms with Crippen molar-refractivity contribution < 1.29 is 18.3 Å². The summed E-state index contributed by atoms with van der Waals surface area (Å²) >= 11 is 0. The summed E-state index contributed by atoms with van der Waals surface area (Å²) in [4.78, 5) is 13.7. The fourth-order valence-corrected chi connectivity index (χ4v) is 0.922. The number of rotatable bonds is 4. The van der Waals surface area contributed by atoms with E-state index < -0.39 is 12.0 Å². The predicted molar refractivity (Wildman–Crippen MR) is 52.4 cm³/mol. The highest BCUT2D eigenvalue weighted by Gasteiger charge is 2.09. The summed E-state index contributed by atoms with van der Waals surface area (Å²) in [6.07, 6.45) is 1.10. The Kier molecular flexibility index (Phi) is 4.11. The van der Waals surface area contributed by atoms with Gasteiger partial charge >= 0.3 is 5.97 Å². The second kappa shape index (κ2) is 5.57. The molecule has 0 bridgehead atoms. The van der Waals surface area contributed by atoms with E-state index in [1.165, 1.54) is 6.07 Å². The maximum absolute atomic E-state index is 12.5. The Morgan fingerprint density at radius 3 is 3.00 bits per heavy atom. The van der Waals surface area contributed by atoms with Crippen molar-refractivity contribution in [2.45, 2.75) is 6.92 Å². The third-order valence-corrected chi connectivity index (χ3v) is 1.51. The lowest BCUT2D eigenvalue weighted by Gasteiger charge is -1.99. The number of carbonyl (C=O) groups excluding carboxylic acids is 1. The van der Waals surface area contributed by atoms with Gasteiger partial charge < -0.3 is 9.15 Å². The average molecular weight is 225 g/mol. The normalized spacial score (nSPS) is 10.8. The summed E-state index contributed by atoms with van der Waals surface area (Å²) in [5.74, 6) is -0.731. The molecule has 7 heteroatoms. The molecule has 0 aliphatic heterocycles. The van der Waals surface area contributed by atoms with E-state index >= 15 is 0 Å². The number of halogens is 1. The first-order valence-corrected chi connectivity index (χ1v) is 4.36. The van der Waals surface area contributed by atoms with Crippen LogP contribution in [0.1, 0.15) is 12.7 Å². The number of carbonyl (C=O) groups is 1. The van der Waals surface area contributed by atoms with Crippen molar-refractivity contribution >= 4 is 12.0 Å². The fraction of sp³-hybridized carbons (Fsp3) is 0.222. The lowest BCUT2D eigenvalue weighted by molar-refractivity contribution is -0.138. The van der Waals surface area contributed by atoms with E-state index in [0.29, 0.717) is 0 Å². The van der Waals surface area contributed by atoms with Gasteiger partial charge in [0.25, 0.3) is 6.01 Å². The Balaban J connectivity index is 2.97. The SMILES string of the molecule is CCOC(=O)/C(=C/c1ccc(F)o1)N=[N+]=[N-]. The molecular weight excluding hydrogens is 217 g/mol. The van der Waals surface area contributed by atoms with Crippen molar-refractivity contribution in [3.63, 3.8) is 0 Å². The van der Waals surface area contributed by atoms with Crippen LogP contribution in [-0.2, 0) is 9.53 Å². The first kappa shape index (κ1) is 11.8. The Bertz CT molecular complexity index is 460. The maximum Gasteiger partial charge on any atom is 0.340 e. The standard InChI is InChI=1S/C9H8FN3O3/c1-2-15-9(14)7(12-13-11)5-6-3-4-8(10)16-6/h3-5H,2H2,1H3/b7-5-. The molecule has 1 heterocycles. The van der Waals surface area contributed by atoms with E-state index in [9.17, 15) is 9.18 Å². The zero-order valence-corrected chi connectivity index (χ0v) is 8.38. The van der Waals surface area contributed by atoms with Crippen LogP contribution in [0.2, 0.25) is 0 Å². The van der Waals surface area contributed by atoms with Crippen LogP contribution >= 0.6 is 0 Å². The molecule has 0 amide bonds. The molecule has 0 saturated heterocycles. The van der Waals surface area contributed by atoms with Gasteiger partial charge in [-0.2, -0.15) is 4.39 Å². The molecule has 16 heavy (non-hydrogen) atoms. The molecule has 1 aromatic heterocycles. The van der Waals surface area contributed by atoms with Crippen LogP contribution in [0, 0.1) is 6.01 Å². The van der Waals surface area contributed by atoms with Crippen molar-refractivity contribution in [3.8, 4) is 0 Å². The molecule has 1 aromatic rings. The number of hydrogen-bond acceptors (Lipinski definition) is 4. The van der Waals surface area contributed by atoms with E-state index in [4.69, 9.17) is 5.53 Å². The minimum Gasteiger partial charge on any atom is -0.462 e. The highest BCUT2D eigenvalue weighted by atomic mass is 19.1. The van der Waals surface area contributed by atoms with E-state index in [2.05, 4.69) is 19.2 Å². The van der Waals surface area contributed by atoms with Crippen molar-refractivity contribution in [3.05, 3.63) is 40.0 Å². The molecule has 0 spiro atoms. The minimum absolute atomic E-state index is 0.0629. The first-order valence-electron chi connectivity index (χ1n) is 4.36. The van der Waals surface area contributed by atoms with E-state index in [1.807, 2.05) is 0 Å². The first-order chi connectivity index (χ1) is 7.67. The topological polar surface area (TPSA) is 88.2 Å². The number of azide groups is 1. The molecule has 0 aromatic carbocycles. The smallest absolute Gasteiger partial charge is 0.340 e. The zero-order valence-electron chi connectivity index (χ0n) is 8.38. The van der Waals surface area contributed by atoms with Crippen molar-refractivity contribution in [2.24, 2.45) is 5.11 Å². The minimum atomic E-state index is -0.796. The number of hydrogen-bond donors (Lipinski definition) is 0. The molecule has 6 nitrogen and oxygen atoms in total. The van der Waals surface area contributed by atoms with Crippen LogP contribution < -0.4 is 0 Å². The molecule has 0 saturated carbocycles. The van der Waals surface area contributed by atoms with Crippen LogP contribution in [-0.4, -0.2) is 12.6 Å². The van der Waals surface area contributed by atoms with Crippen LogP contribution in [0.25, 0.3) is 16.5 Å². The largest absolute Gasteiger partial charge is 0.462 e. The second-order valence-corrected chi connectivity index (χ2v) is 2.58. The molecule has 0 fully saturated rings. The molecule has 0 atom stereocenters. The van der Waals surface area contributed by atoms with Gasteiger partial charge in [0, 0.05) is 11.0 Å². The summed E-state index contributed by atoms with van der Waals surface area (Å²) in [5.41, 5.74) is 7.95. The van der Waals surface area contributed by atoms with Gasteiger partial charge in [0.1, 0.15) is 11.5 Å². The van der Waals surface area contributed by atoms with Gasteiger partial charge in [-0.15, -0.1) is 0 Å². The third-order valence-electron chi connectivity index (χ3n) is 1.51. The highest BCUT2D eigenvalue weighted by Crippen LogP contribution is 2.12. The van der Waals surface area contributed by atoms with E-state index in [1.54, 1.807) is 6.92 Å².